The molecule has 1 aliphatic heterocycles. The van der Waals surface area contributed by atoms with Gasteiger partial charge in [0.05, 0.1) is 6.54 Å². The summed E-state index contributed by atoms with van der Waals surface area (Å²) in [7, 11) is 1.75. The number of nitroso groups, excluding NO2 is 1. The molecule has 16 heavy (non-hydrogen) atoms. The van der Waals surface area contributed by atoms with Gasteiger partial charge in [-0.2, -0.15) is 0 Å². The zero-order valence-electron chi connectivity index (χ0n) is 8.88. The lowest BCUT2D eigenvalue weighted by atomic mass is 10.1. The molecular formula is C11H11N3O2. The number of carbonyl (C=O) groups excluding carboxylic acids is 1. The fraction of sp³-hybridized carbons (Fsp3) is 0.273. The predicted molar refractivity (Wildman–Crippen MR) is 60.9 cm³/mol. The van der Waals surface area contributed by atoms with E-state index in [0.717, 1.165) is 5.56 Å². The summed E-state index contributed by atoms with van der Waals surface area (Å²) < 4.78 is 0. The Balaban J connectivity index is 2.33. The molecule has 0 aliphatic carbocycles. The molecule has 0 atom stereocenters. The lowest BCUT2D eigenvalue weighted by Gasteiger charge is -2.21. The molecule has 5 heteroatoms. The van der Waals surface area contributed by atoms with Crippen LogP contribution in [0.15, 0.2) is 34.4 Å². The van der Waals surface area contributed by atoms with E-state index in [1.54, 1.807) is 36.2 Å². The van der Waals surface area contributed by atoms with Crippen LogP contribution < -0.4 is 0 Å². The summed E-state index contributed by atoms with van der Waals surface area (Å²) in [5, 5.41) is 2.81. The second kappa shape index (κ2) is 4.22. The number of hydrogen-bond donors (Lipinski definition) is 0. The van der Waals surface area contributed by atoms with Gasteiger partial charge in [-0.15, -0.1) is 4.91 Å². The van der Waals surface area contributed by atoms with Gasteiger partial charge in [0.25, 0.3) is 5.91 Å². The molecule has 1 aliphatic rings. The highest BCUT2D eigenvalue weighted by Crippen LogP contribution is 2.14. The molecule has 1 heterocycles. The number of amides is 1. The Kier molecular flexibility index (Phi) is 2.76. The molecule has 0 saturated carbocycles. The molecule has 1 aromatic carbocycles. The van der Waals surface area contributed by atoms with Gasteiger partial charge in [-0.05, 0) is 17.3 Å². The number of hydrogen-bond acceptors (Lipinski definition) is 4. The SMILES string of the molecule is CN1CCN=C(c2ccc(N=O)cc2)C1=O. The van der Waals surface area contributed by atoms with Gasteiger partial charge in [0, 0.05) is 19.2 Å². The van der Waals surface area contributed by atoms with Gasteiger partial charge < -0.3 is 4.90 Å². The van der Waals surface area contributed by atoms with Crippen molar-refractivity contribution in [1.29, 1.82) is 0 Å². The van der Waals surface area contributed by atoms with Gasteiger partial charge in [0.2, 0.25) is 0 Å². The Morgan fingerprint density at radius 1 is 1.31 bits per heavy atom. The molecule has 82 valence electrons. The van der Waals surface area contributed by atoms with Crippen molar-refractivity contribution < 1.29 is 4.79 Å². The van der Waals surface area contributed by atoms with E-state index in [4.69, 9.17) is 0 Å². The van der Waals surface area contributed by atoms with E-state index >= 15 is 0 Å². The molecule has 2 rings (SSSR count). The maximum absolute atomic E-state index is 11.8. The van der Waals surface area contributed by atoms with Crippen LogP contribution in [0.3, 0.4) is 0 Å². The number of nitrogens with zero attached hydrogens (tertiary/aromatic N) is 3. The summed E-state index contributed by atoms with van der Waals surface area (Å²) in [6, 6.07) is 6.53. The van der Waals surface area contributed by atoms with Gasteiger partial charge in [-0.1, -0.05) is 12.1 Å². The number of likely N-dealkylation sites (N-methyl/N-ethyl adjacent to an activating group) is 1. The van der Waals surface area contributed by atoms with E-state index in [-0.39, 0.29) is 5.91 Å². The highest BCUT2D eigenvalue weighted by molar-refractivity contribution is 6.45. The van der Waals surface area contributed by atoms with E-state index in [2.05, 4.69) is 10.2 Å². The summed E-state index contributed by atoms with van der Waals surface area (Å²) >= 11 is 0. The third kappa shape index (κ3) is 1.84. The van der Waals surface area contributed by atoms with Crippen molar-refractivity contribution in [2.24, 2.45) is 10.2 Å². The Morgan fingerprint density at radius 2 is 2.00 bits per heavy atom. The zero-order valence-corrected chi connectivity index (χ0v) is 8.88. The summed E-state index contributed by atoms with van der Waals surface area (Å²) in [5.41, 5.74) is 1.52. The van der Waals surface area contributed by atoms with Crippen molar-refractivity contribution in [3.05, 3.63) is 34.7 Å². The third-order valence-corrected chi connectivity index (χ3v) is 2.50. The van der Waals surface area contributed by atoms with Crippen LogP contribution in [0.5, 0.6) is 0 Å². The highest BCUT2D eigenvalue weighted by Gasteiger charge is 2.21. The summed E-state index contributed by atoms with van der Waals surface area (Å²) in [6.07, 6.45) is 0. The van der Waals surface area contributed by atoms with Gasteiger partial charge in [-0.3, -0.25) is 9.79 Å². The quantitative estimate of drug-likeness (QED) is 0.702. The van der Waals surface area contributed by atoms with Gasteiger partial charge in [0.1, 0.15) is 11.4 Å². The van der Waals surface area contributed by atoms with Crippen molar-refractivity contribution in [3.63, 3.8) is 0 Å². The average Bonchev–Trinajstić information content (AvgIpc) is 2.33. The van der Waals surface area contributed by atoms with Crippen LogP contribution in [0.4, 0.5) is 5.69 Å². The minimum absolute atomic E-state index is 0.0851. The molecule has 1 amide bonds. The van der Waals surface area contributed by atoms with E-state index in [1.165, 1.54) is 0 Å². The topological polar surface area (TPSA) is 62.1 Å². The van der Waals surface area contributed by atoms with Crippen molar-refractivity contribution >= 4 is 17.3 Å². The standard InChI is InChI=1S/C11H11N3O2/c1-14-7-6-12-10(11(14)15)8-2-4-9(13-16)5-3-8/h2-5H,6-7H2,1H3. The molecule has 0 N–H and O–H groups in total. The van der Waals surface area contributed by atoms with E-state index in [1.807, 2.05) is 0 Å². The lowest BCUT2D eigenvalue weighted by molar-refractivity contribution is -0.123. The Morgan fingerprint density at radius 3 is 2.62 bits per heavy atom. The molecule has 0 saturated heterocycles. The summed E-state index contributed by atoms with van der Waals surface area (Å²) in [6.45, 7) is 1.27. The second-order valence-corrected chi connectivity index (χ2v) is 3.60. The lowest BCUT2D eigenvalue weighted by Crippen LogP contribution is -2.39. The number of aliphatic imine (C=N–C) groups is 1. The van der Waals surface area contributed by atoms with Crippen LogP contribution in [0, 0.1) is 4.91 Å². The first-order valence-corrected chi connectivity index (χ1v) is 4.96. The zero-order chi connectivity index (χ0) is 11.5. The van der Waals surface area contributed by atoms with E-state index in [0.29, 0.717) is 24.5 Å². The smallest absolute Gasteiger partial charge is 0.272 e. The minimum Gasteiger partial charge on any atom is -0.339 e. The van der Waals surface area contributed by atoms with Crippen LogP contribution >= 0.6 is 0 Å². The highest BCUT2D eigenvalue weighted by atomic mass is 16.3. The summed E-state index contributed by atoms with van der Waals surface area (Å²) in [4.78, 5) is 27.9. The first-order valence-electron chi connectivity index (χ1n) is 4.96. The largest absolute Gasteiger partial charge is 0.339 e. The predicted octanol–water partition coefficient (Wildman–Crippen LogP) is 1.35. The van der Waals surface area contributed by atoms with E-state index in [9.17, 15) is 9.70 Å². The maximum Gasteiger partial charge on any atom is 0.272 e. The third-order valence-electron chi connectivity index (χ3n) is 2.50. The monoisotopic (exact) mass is 217 g/mol. The molecule has 0 bridgehead atoms. The van der Waals surface area contributed by atoms with Crippen LogP contribution in [0.1, 0.15) is 5.56 Å². The van der Waals surface area contributed by atoms with Crippen molar-refractivity contribution in [2.75, 3.05) is 20.1 Å². The second-order valence-electron chi connectivity index (χ2n) is 3.60. The van der Waals surface area contributed by atoms with Crippen molar-refractivity contribution in [3.8, 4) is 0 Å². The van der Waals surface area contributed by atoms with E-state index < -0.39 is 0 Å². The number of carbonyl (C=O) groups is 1. The normalized spacial score (nSPS) is 15.9. The molecule has 1 aromatic rings. The minimum atomic E-state index is -0.0851. The van der Waals surface area contributed by atoms with Crippen molar-refractivity contribution in [1.82, 2.24) is 4.90 Å². The van der Waals surface area contributed by atoms with Crippen LogP contribution in [0.25, 0.3) is 0 Å². The molecule has 5 nitrogen and oxygen atoms in total. The number of rotatable bonds is 2. The Bertz CT molecular complexity index is 451. The number of benzene rings is 1. The molecule has 0 fully saturated rings. The fourth-order valence-corrected chi connectivity index (χ4v) is 1.56. The van der Waals surface area contributed by atoms with Crippen LogP contribution in [-0.4, -0.2) is 36.7 Å². The van der Waals surface area contributed by atoms with Crippen LogP contribution in [0.2, 0.25) is 0 Å². The molecule has 0 radical (unpaired) electrons. The Labute approximate surface area is 92.8 Å². The Hall–Kier alpha value is -2.04. The molecular weight excluding hydrogens is 206 g/mol. The van der Waals surface area contributed by atoms with Crippen molar-refractivity contribution in [2.45, 2.75) is 0 Å². The van der Waals surface area contributed by atoms with Gasteiger partial charge >= 0.3 is 0 Å². The molecule has 0 unspecified atom stereocenters. The van der Waals surface area contributed by atoms with Gasteiger partial charge in [-0.25, -0.2) is 0 Å². The van der Waals surface area contributed by atoms with Crippen LogP contribution in [-0.2, 0) is 4.79 Å². The average molecular weight is 217 g/mol. The van der Waals surface area contributed by atoms with Gasteiger partial charge in [0.15, 0.2) is 0 Å². The molecule has 0 aromatic heterocycles. The fourth-order valence-electron chi connectivity index (χ4n) is 1.56. The first-order chi connectivity index (χ1) is 7.72. The summed E-state index contributed by atoms with van der Waals surface area (Å²) in [5.74, 6) is -0.0851. The first kappa shape index (κ1) is 10.5. The maximum atomic E-state index is 11.8. The molecule has 0 spiro atoms.